The first-order valence-electron chi connectivity index (χ1n) is 7.39. The molecule has 5 heteroatoms. The lowest BCUT2D eigenvalue weighted by molar-refractivity contribution is -0.121. The largest absolute Gasteiger partial charge is 0.354 e. The van der Waals surface area contributed by atoms with Gasteiger partial charge in [-0.3, -0.25) is 9.69 Å². The molecule has 0 aliphatic carbocycles. The van der Waals surface area contributed by atoms with Crippen LogP contribution >= 0.6 is 24.0 Å². The van der Waals surface area contributed by atoms with Crippen LogP contribution in [0.5, 0.6) is 0 Å². The molecule has 0 heterocycles. The highest BCUT2D eigenvalue weighted by atomic mass is 35.5. The summed E-state index contributed by atoms with van der Waals surface area (Å²) in [6.07, 6.45) is 1.45. The summed E-state index contributed by atoms with van der Waals surface area (Å²) in [4.78, 5) is 14.0. The van der Waals surface area contributed by atoms with E-state index in [-0.39, 0.29) is 24.4 Å². The monoisotopic (exact) mass is 332 g/mol. The fourth-order valence-corrected chi connectivity index (χ4v) is 2.63. The van der Waals surface area contributed by atoms with Gasteiger partial charge in [0.05, 0.1) is 6.04 Å². The summed E-state index contributed by atoms with van der Waals surface area (Å²) in [6.45, 7) is 8.72. The number of carbonyl (C=O) groups excluding carboxylic acids is 1. The maximum Gasteiger partial charge on any atom is 0.220 e. The van der Waals surface area contributed by atoms with Crippen molar-refractivity contribution in [1.82, 2.24) is 10.2 Å². The van der Waals surface area contributed by atoms with E-state index < -0.39 is 0 Å². The zero-order valence-corrected chi connectivity index (χ0v) is 14.6. The van der Waals surface area contributed by atoms with E-state index in [4.69, 9.17) is 11.6 Å². The number of amides is 1. The third-order valence-electron chi connectivity index (χ3n) is 3.49. The minimum Gasteiger partial charge on any atom is -0.354 e. The number of nitrogens with one attached hydrogen (secondary N) is 1. The molecular formula is C16H26Cl2N2O. The predicted octanol–water partition coefficient (Wildman–Crippen LogP) is 4.06. The lowest BCUT2D eigenvalue weighted by atomic mass is 10.0. The van der Waals surface area contributed by atoms with Crippen LogP contribution in [0.15, 0.2) is 24.3 Å². The third-order valence-corrected chi connectivity index (χ3v) is 3.83. The number of rotatable bonds is 8. The lowest BCUT2D eigenvalue weighted by Crippen LogP contribution is -2.38. The van der Waals surface area contributed by atoms with Crippen molar-refractivity contribution in [3.63, 3.8) is 0 Å². The Hall–Kier alpha value is -0.770. The van der Waals surface area contributed by atoms with E-state index in [9.17, 15) is 4.79 Å². The summed E-state index contributed by atoms with van der Waals surface area (Å²) in [7, 11) is 0. The van der Waals surface area contributed by atoms with Crippen LogP contribution in [0.2, 0.25) is 5.02 Å². The summed E-state index contributed by atoms with van der Waals surface area (Å²) in [6, 6.07) is 7.99. The van der Waals surface area contributed by atoms with E-state index in [1.54, 1.807) is 0 Å². The summed E-state index contributed by atoms with van der Waals surface area (Å²) < 4.78 is 0. The number of carbonyl (C=O) groups is 1. The van der Waals surface area contributed by atoms with Gasteiger partial charge >= 0.3 is 0 Å². The second kappa shape index (κ2) is 10.9. The lowest BCUT2D eigenvalue weighted by Gasteiger charge is -2.30. The average molecular weight is 333 g/mol. The Bertz CT molecular complexity index is 422. The van der Waals surface area contributed by atoms with Crippen LogP contribution in [0.1, 0.15) is 45.2 Å². The molecule has 0 aromatic heterocycles. The van der Waals surface area contributed by atoms with E-state index >= 15 is 0 Å². The van der Waals surface area contributed by atoms with Crippen LogP contribution in [0, 0.1) is 0 Å². The molecule has 0 saturated heterocycles. The van der Waals surface area contributed by atoms with Gasteiger partial charge in [0.15, 0.2) is 0 Å². The van der Waals surface area contributed by atoms with E-state index in [2.05, 4.69) is 24.1 Å². The summed E-state index contributed by atoms with van der Waals surface area (Å²) in [5.74, 6) is 0.108. The van der Waals surface area contributed by atoms with Crippen LogP contribution in [0.4, 0.5) is 0 Å². The maximum absolute atomic E-state index is 11.7. The normalized spacial score (nSPS) is 11.9. The van der Waals surface area contributed by atoms with E-state index in [0.29, 0.717) is 13.0 Å². The first-order valence-corrected chi connectivity index (χ1v) is 7.76. The van der Waals surface area contributed by atoms with Crippen molar-refractivity contribution in [3.8, 4) is 0 Å². The van der Waals surface area contributed by atoms with Crippen molar-refractivity contribution < 1.29 is 4.79 Å². The van der Waals surface area contributed by atoms with Crippen LogP contribution < -0.4 is 5.32 Å². The minimum atomic E-state index is 0. The highest BCUT2D eigenvalue weighted by Gasteiger charge is 2.20. The summed E-state index contributed by atoms with van der Waals surface area (Å²) in [5, 5.41) is 3.78. The molecule has 1 unspecified atom stereocenters. The Balaban J connectivity index is 0.00000400. The number of nitrogens with zero attached hydrogens (tertiary/aromatic N) is 1. The molecule has 0 spiro atoms. The van der Waals surface area contributed by atoms with Gasteiger partial charge < -0.3 is 5.32 Å². The molecule has 0 bridgehead atoms. The van der Waals surface area contributed by atoms with Crippen LogP contribution in [0.25, 0.3) is 0 Å². The highest BCUT2D eigenvalue weighted by molar-refractivity contribution is 6.31. The Morgan fingerprint density at radius 2 is 1.86 bits per heavy atom. The van der Waals surface area contributed by atoms with E-state index in [1.165, 1.54) is 0 Å². The molecular weight excluding hydrogens is 307 g/mol. The van der Waals surface area contributed by atoms with Crippen molar-refractivity contribution in [2.45, 2.75) is 39.7 Å². The van der Waals surface area contributed by atoms with Gasteiger partial charge in [-0.05, 0) is 31.1 Å². The van der Waals surface area contributed by atoms with Crippen molar-refractivity contribution in [2.24, 2.45) is 0 Å². The standard InChI is InChI=1S/C16H25ClN2O.ClH/c1-4-9-16(20)18-12-15(19(5-2)6-3)13-10-7-8-11-14(13)17;/h7-8,10-11,15H,4-6,9,12H2,1-3H3,(H,18,20);1H. The Morgan fingerprint density at radius 1 is 1.24 bits per heavy atom. The molecule has 1 aromatic rings. The molecule has 0 saturated carbocycles. The van der Waals surface area contributed by atoms with Crippen molar-refractivity contribution in [2.75, 3.05) is 19.6 Å². The maximum atomic E-state index is 11.7. The van der Waals surface area contributed by atoms with E-state index in [1.807, 2.05) is 31.2 Å². The Kier molecular flexibility index (Phi) is 10.5. The van der Waals surface area contributed by atoms with Gasteiger partial charge in [0.25, 0.3) is 0 Å². The smallest absolute Gasteiger partial charge is 0.220 e. The Morgan fingerprint density at radius 3 is 2.38 bits per heavy atom. The summed E-state index contributed by atoms with van der Waals surface area (Å²) in [5.41, 5.74) is 1.08. The first-order chi connectivity index (χ1) is 9.63. The van der Waals surface area contributed by atoms with Gasteiger partial charge in [0.1, 0.15) is 0 Å². The third kappa shape index (κ3) is 6.25. The average Bonchev–Trinajstić information content (AvgIpc) is 2.45. The zero-order chi connectivity index (χ0) is 15.0. The van der Waals surface area contributed by atoms with Gasteiger partial charge in [-0.2, -0.15) is 0 Å². The fraction of sp³-hybridized carbons (Fsp3) is 0.562. The van der Waals surface area contributed by atoms with Crippen LogP contribution in [-0.4, -0.2) is 30.4 Å². The molecule has 21 heavy (non-hydrogen) atoms. The fourth-order valence-electron chi connectivity index (χ4n) is 2.37. The molecule has 3 nitrogen and oxygen atoms in total. The zero-order valence-electron chi connectivity index (χ0n) is 13.1. The quantitative estimate of drug-likeness (QED) is 0.778. The molecule has 1 atom stereocenters. The molecule has 0 radical (unpaired) electrons. The molecule has 0 fully saturated rings. The number of hydrogen-bond donors (Lipinski definition) is 1. The number of benzene rings is 1. The predicted molar refractivity (Wildman–Crippen MR) is 92.3 cm³/mol. The molecule has 1 rings (SSSR count). The van der Waals surface area contributed by atoms with Gasteiger partial charge in [-0.15, -0.1) is 12.4 Å². The van der Waals surface area contributed by atoms with Gasteiger partial charge in [0.2, 0.25) is 5.91 Å². The second-order valence-electron chi connectivity index (χ2n) is 4.81. The molecule has 0 aliphatic heterocycles. The van der Waals surface area contributed by atoms with Crippen molar-refractivity contribution in [3.05, 3.63) is 34.9 Å². The highest BCUT2D eigenvalue weighted by Crippen LogP contribution is 2.26. The number of hydrogen-bond acceptors (Lipinski definition) is 2. The minimum absolute atomic E-state index is 0. The number of halogens is 2. The van der Waals surface area contributed by atoms with Gasteiger partial charge in [-0.1, -0.05) is 50.6 Å². The molecule has 0 aliphatic rings. The molecule has 120 valence electrons. The van der Waals surface area contributed by atoms with Crippen LogP contribution in [0.3, 0.4) is 0 Å². The van der Waals surface area contributed by atoms with Crippen LogP contribution in [-0.2, 0) is 4.79 Å². The summed E-state index contributed by atoms with van der Waals surface area (Å²) >= 11 is 6.31. The van der Waals surface area contributed by atoms with E-state index in [0.717, 1.165) is 30.1 Å². The molecule has 1 amide bonds. The number of likely N-dealkylation sites (N-methyl/N-ethyl adjacent to an activating group) is 1. The van der Waals surface area contributed by atoms with Gasteiger partial charge in [-0.25, -0.2) is 0 Å². The SMILES string of the molecule is CCCC(=O)NCC(c1ccccc1Cl)N(CC)CC.Cl. The van der Waals surface area contributed by atoms with Crippen molar-refractivity contribution >= 4 is 29.9 Å². The Labute approximate surface area is 139 Å². The topological polar surface area (TPSA) is 32.3 Å². The molecule has 1 N–H and O–H groups in total. The first kappa shape index (κ1) is 20.2. The molecule has 1 aromatic carbocycles. The second-order valence-corrected chi connectivity index (χ2v) is 5.22. The van der Waals surface area contributed by atoms with Crippen molar-refractivity contribution in [1.29, 1.82) is 0 Å². The van der Waals surface area contributed by atoms with Gasteiger partial charge in [0, 0.05) is 18.0 Å².